The Labute approximate surface area is 140 Å². The molecule has 6 nitrogen and oxygen atoms in total. The van der Waals surface area contributed by atoms with E-state index in [1.54, 1.807) is 12.4 Å². The van der Waals surface area contributed by atoms with Gasteiger partial charge in [0.25, 0.3) is 5.89 Å². The molecular weight excluding hydrogens is 302 g/mol. The predicted octanol–water partition coefficient (Wildman–Crippen LogP) is 2.91. The van der Waals surface area contributed by atoms with Gasteiger partial charge in [0.1, 0.15) is 5.69 Å². The van der Waals surface area contributed by atoms with E-state index < -0.39 is 0 Å². The molecule has 1 aliphatic heterocycles. The van der Waals surface area contributed by atoms with Crippen LogP contribution in [0.4, 0.5) is 0 Å². The van der Waals surface area contributed by atoms with Gasteiger partial charge in [0.2, 0.25) is 5.89 Å². The third kappa shape index (κ3) is 3.33. The Hall–Kier alpha value is -2.60. The lowest BCUT2D eigenvalue weighted by Crippen LogP contribution is -2.34. The van der Waals surface area contributed by atoms with Crippen molar-refractivity contribution in [3.05, 3.63) is 60.4 Å². The van der Waals surface area contributed by atoms with E-state index in [9.17, 15) is 0 Å². The molecule has 1 atom stereocenters. The molecule has 0 saturated carbocycles. The molecule has 1 saturated heterocycles. The molecule has 1 fully saturated rings. The van der Waals surface area contributed by atoms with E-state index in [1.165, 1.54) is 5.56 Å². The van der Waals surface area contributed by atoms with Crippen LogP contribution in [-0.4, -0.2) is 38.2 Å². The van der Waals surface area contributed by atoms with Crippen molar-refractivity contribution < 1.29 is 4.42 Å². The normalized spacial score (nSPS) is 18.6. The molecule has 0 amide bonds. The van der Waals surface area contributed by atoms with Crippen molar-refractivity contribution in [2.45, 2.75) is 25.3 Å². The Balaban J connectivity index is 1.45. The van der Waals surface area contributed by atoms with Crippen LogP contribution in [0.2, 0.25) is 0 Å². The zero-order chi connectivity index (χ0) is 16.2. The summed E-state index contributed by atoms with van der Waals surface area (Å²) < 4.78 is 5.88. The second kappa shape index (κ2) is 6.88. The summed E-state index contributed by atoms with van der Waals surface area (Å²) in [5.41, 5.74) is 1.96. The average Bonchev–Trinajstić information content (AvgIpc) is 3.14. The van der Waals surface area contributed by atoms with Gasteiger partial charge in [-0.1, -0.05) is 12.1 Å². The molecule has 0 unspecified atom stereocenters. The molecule has 0 bridgehead atoms. The van der Waals surface area contributed by atoms with E-state index in [4.69, 9.17) is 4.42 Å². The number of hydrogen-bond donors (Lipinski definition) is 0. The summed E-state index contributed by atoms with van der Waals surface area (Å²) in [5.74, 6) is 1.49. The maximum absolute atomic E-state index is 5.88. The number of pyridine rings is 2. The molecule has 0 radical (unpaired) electrons. The van der Waals surface area contributed by atoms with Crippen LogP contribution in [0, 0.1) is 0 Å². The molecule has 4 rings (SSSR count). The molecule has 4 heterocycles. The first-order chi connectivity index (χ1) is 11.9. The van der Waals surface area contributed by atoms with Crippen LogP contribution in [0.25, 0.3) is 11.6 Å². The van der Waals surface area contributed by atoms with Gasteiger partial charge in [-0.3, -0.25) is 14.9 Å². The highest BCUT2D eigenvalue weighted by Crippen LogP contribution is 2.28. The standard InChI is InChI=1S/C18H19N5O/c1-2-9-20-16(7-1)18-22-21-17(24-18)15-6-4-10-23(13-15)12-14-5-3-8-19-11-14/h1-3,5,7-9,11,15H,4,6,10,12-13H2/t15-/m1/s1. The van der Waals surface area contributed by atoms with Gasteiger partial charge in [0.15, 0.2) is 0 Å². The maximum atomic E-state index is 5.88. The monoisotopic (exact) mass is 321 g/mol. The highest BCUT2D eigenvalue weighted by Gasteiger charge is 2.26. The minimum absolute atomic E-state index is 0.278. The number of piperidine rings is 1. The molecule has 3 aromatic rings. The van der Waals surface area contributed by atoms with E-state index in [0.717, 1.165) is 38.2 Å². The van der Waals surface area contributed by atoms with Gasteiger partial charge in [-0.15, -0.1) is 10.2 Å². The van der Waals surface area contributed by atoms with Crippen molar-refractivity contribution in [1.82, 2.24) is 25.1 Å². The fourth-order valence-electron chi connectivity index (χ4n) is 3.14. The molecule has 1 aliphatic rings. The quantitative estimate of drug-likeness (QED) is 0.736. The zero-order valence-corrected chi connectivity index (χ0v) is 13.4. The highest BCUT2D eigenvalue weighted by molar-refractivity contribution is 5.45. The van der Waals surface area contributed by atoms with Crippen molar-refractivity contribution >= 4 is 0 Å². The summed E-state index contributed by atoms with van der Waals surface area (Å²) in [6.45, 7) is 2.93. The molecule has 0 aromatic carbocycles. The molecule has 24 heavy (non-hydrogen) atoms. The summed E-state index contributed by atoms with van der Waals surface area (Å²) >= 11 is 0. The lowest BCUT2D eigenvalue weighted by Gasteiger charge is -2.30. The van der Waals surface area contributed by atoms with Gasteiger partial charge >= 0.3 is 0 Å². The third-order valence-electron chi connectivity index (χ3n) is 4.31. The Bertz CT molecular complexity index is 774. The van der Waals surface area contributed by atoms with Gasteiger partial charge in [-0.05, 0) is 43.1 Å². The van der Waals surface area contributed by atoms with Crippen LogP contribution in [0.15, 0.2) is 53.3 Å². The van der Waals surface area contributed by atoms with Crippen molar-refractivity contribution in [2.24, 2.45) is 0 Å². The van der Waals surface area contributed by atoms with E-state index in [0.29, 0.717) is 11.8 Å². The lowest BCUT2D eigenvalue weighted by atomic mass is 9.97. The molecule has 0 aliphatic carbocycles. The zero-order valence-electron chi connectivity index (χ0n) is 13.4. The van der Waals surface area contributed by atoms with Crippen LogP contribution < -0.4 is 0 Å². The second-order valence-electron chi connectivity index (χ2n) is 6.10. The lowest BCUT2D eigenvalue weighted by molar-refractivity contribution is 0.186. The fraction of sp³-hybridized carbons (Fsp3) is 0.333. The topological polar surface area (TPSA) is 67.9 Å². The van der Waals surface area contributed by atoms with Crippen LogP contribution in [-0.2, 0) is 6.54 Å². The van der Waals surface area contributed by atoms with Crippen LogP contribution in [0.1, 0.15) is 30.2 Å². The SMILES string of the molecule is c1ccc(-c2nnc([C@@H]3CCCN(Cc4cccnc4)C3)o2)nc1. The van der Waals surface area contributed by atoms with Gasteiger partial charge in [-0.2, -0.15) is 0 Å². The Morgan fingerprint density at radius 3 is 2.96 bits per heavy atom. The summed E-state index contributed by atoms with van der Waals surface area (Å²) in [6.07, 6.45) is 7.67. The third-order valence-corrected chi connectivity index (χ3v) is 4.31. The van der Waals surface area contributed by atoms with Gasteiger partial charge in [0, 0.05) is 31.7 Å². The predicted molar refractivity (Wildman–Crippen MR) is 89.0 cm³/mol. The van der Waals surface area contributed by atoms with Crippen molar-refractivity contribution in [2.75, 3.05) is 13.1 Å². The Morgan fingerprint density at radius 1 is 1.12 bits per heavy atom. The van der Waals surface area contributed by atoms with Gasteiger partial charge < -0.3 is 4.42 Å². The molecule has 0 N–H and O–H groups in total. The Morgan fingerprint density at radius 2 is 2.12 bits per heavy atom. The van der Waals surface area contributed by atoms with Crippen molar-refractivity contribution in [1.29, 1.82) is 0 Å². The smallest absolute Gasteiger partial charge is 0.266 e. The van der Waals surface area contributed by atoms with Crippen LogP contribution in [0.5, 0.6) is 0 Å². The van der Waals surface area contributed by atoms with Gasteiger partial charge in [0.05, 0.1) is 5.92 Å². The molecule has 6 heteroatoms. The molecule has 0 spiro atoms. The Kier molecular flexibility index (Phi) is 4.29. The first kappa shape index (κ1) is 15.0. The molecule has 3 aromatic heterocycles. The fourth-order valence-corrected chi connectivity index (χ4v) is 3.14. The molecular formula is C18H19N5O. The van der Waals surface area contributed by atoms with Crippen molar-refractivity contribution in [3.63, 3.8) is 0 Å². The number of rotatable bonds is 4. The van der Waals surface area contributed by atoms with E-state index >= 15 is 0 Å². The summed E-state index contributed by atoms with van der Waals surface area (Å²) in [7, 11) is 0. The molecule has 122 valence electrons. The number of hydrogen-bond acceptors (Lipinski definition) is 6. The highest BCUT2D eigenvalue weighted by atomic mass is 16.4. The average molecular weight is 321 g/mol. The second-order valence-corrected chi connectivity index (χ2v) is 6.10. The van der Waals surface area contributed by atoms with Crippen LogP contribution >= 0.6 is 0 Å². The minimum Gasteiger partial charge on any atom is -0.419 e. The summed E-state index contributed by atoms with van der Waals surface area (Å²) in [4.78, 5) is 10.9. The van der Waals surface area contributed by atoms with E-state index in [-0.39, 0.29) is 5.92 Å². The number of likely N-dealkylation sites (tertiary alicyclic amines) is 1. The maximum Gasteiger partial charge on any atom is 0.266 e. The summed E-state index contributed by atoms with van der Waals surface area (Å²) in [5, 5.41) is 8.43. The summed E-state index contributed by atoms with van der Waals surface area (Å²) in [6, 6.07) is 9.77. The largest absolute Gasteiger partial charge is 0.419 e. The number of aromatic nitrogens is 4. The first-order valence-corrected chi connectivity index (χ1v) is 8.24. The van der Waals surface area contributed by atoms with E-state index in [2.05, 4.69) is 31.1 Å². The minimum atomic E-state index is 0.278. The van der Waals surface area contributed by atoms with Gasteiger partial charge in [-0.25, -0.2) is 0 Å². The van der Waals surface area contributed by atoms with Crippen LogP contribution in [0.3, 0.4) is 0 Å². The van der Waals surface area contributed by atoms with E-state index in [1.807, 2.05) is 30.5 Å². The van der Waals surface area contributed by atoms with Crippen molar-refractivity contribution in [3.8, 4) is 11.6 Å². The number of nitrogens with zero attached hydrogens (tertiary/aromatic N) is 5. The first-order valence-electron chi connectivity index (χ1n) is 8.24.